The Hall–Kier alpha value is -3.35. The van der Waals surface area contributed by atoms with E-state index in [0.717, 1.165) is 0 Å². The molecule has 0 bridgehead atoms. The fourth-order valence-corrected chi connectivity index (χ4v) is 1.73. The lowest BCUT2D eigenvalue weighted by atomic mass is 10.1. The van der Waals surface area contributed by atoms with Gasteiger partial charge in [-0.3, -0.25) is 10.2 Å². The average molecular weight is 299 g/mol. The average Bonchev–Trinajstić information content (AvgIpc) is 2.53. The third kappa shape index (κ3) is 3.83. The summed E-state index contributed by atoms with van der Waals surface area (Å²) in [5, 5.41) is 11.5. The molecule has 0 aromatic heterocycles. The van der Waals surface area contributed by atoms with Crippen LogP contribution in [0.4, 0.5) is 10.5 Å². The molecule has 0 unspecified atom stereocenters. The molecule has 0 saturated carbocycles. The topological polar surface area (TPSA) is 108 Å². The van der Waals surface area contributed by atoms with Gasteiger partial charge >= 0.3 is 12.0 Å². The van der Waals surface area contributed by atoms with Crippen LogP contribution in [0.3, 0.4) is 0 Å². The number of hydrazine groups is 1. The molecular formula is C15H13N3O4. The standard InChI is InChI=1S/C15H13N3O4/c19-13(11-8-4-5-9-12(11)14(20)21)17-18-15(22)16-10-6-2-1-3-7-10/h1-9H,(H,17,19)(H,20,21)(H2,16,18,22). The number of para-hydroxylation sites is 1. The molecule has 0 saturated heterocycles. The molecule has 0 aliphatic rings. The molecule has 2 aromatic carbocycles. The molecule has 4 N–H and O–H groups in total. The summed E-state index contributed by atoms with van der Waals surface area (Å²) in [7, 11) is 0. The lowest BCUT2D eigenvalue weighted by Gasteiger charge is -2.10. The molecule has 7 nitrogen and oxygen atoms in total. The minimum absolute atomic E-state index is 0.0463. The SMILES string of the molecule is O=C(NNC(=O)c1ccccc1C(=O)O)Nc1ccccc1. The molecule has 0 aliphatic heterocycles. The van der Waals surface area contributed by atoms with Gasteiger partial charge in [-0.15, -0.1) is 0 Å². The highest BCUT2D eigenvalue weighted by Crippen LogP contribution is 2.08. The van der Waals surface area contributed by atoms with Gasteiger partial charge in [0.05, 0.1) is 11.1 Å². The van der Waals surface area contributed by atoms with E-state index >= 15 is 0 Å². The molecule has 0 heterocycles. The van der Waals surface area contributed by atoms with E-state index in [1.807, 2.05) is 0 Å². The van der Waals surface area contributed by atoms with Crippen molar-refractivity contribution in [3.63, 3.8) is 0 Å². The number of anilines is 1. The number of carbonyl (C=O) groups excluding carboxylic acids is 2. The first-order valence-electron chi connectivity index (χ1n) is 6.32. The Balaban J connectivity index is 1.96. The first-order chi connectivity index (χ1) is 10.6. The summed E-state index contributed by atoms with van der Waals surface area (Å²) in [6.07, 6.45) is 0. The molecular weight excluding hydrogens is 286 g/mol. The van der Waals surface area contributed by atoms with E-state index in [4.69, 9.17) is 5.11 Å². The molecule has 0 spiro atoms. The van der Waals surface area contributed by atoms with Crippen LogP contribution < -0.4 is 16.2 Å². The molecule has 0 aliphatic carbocycles. The molecule has 3 amide bonds. The molecule has 0 fully saturated rings. The number of aromatic carboxylic acids is 1. The Morgan fingerprint density at radius 1 is 0.773 bits per heavy atom. The second kappa shape index (κ2) is 6.89. The zero-order valence-electron chi connectivity index (χ0n) is 11.4. The zero-order chi connectivity index (χ0) is 15.9. The number of carboxylic acid groups (broad SMARTS) is 1. The third-order valence-corrected chi connectivity index (χ3v) is 2.72. The number of amides is 3. The molecule has 0 atom stereocenters. The van der Waals surface area contributed by atoms with Crippen molar-refractivity contribution in [3.05, 3.63) is 65.7 Å². The van der Waals surface area contributed by atoms with Crippen LogP contribution in [-0.4, -0.2) is 23.0 Å². The van der Waals surface area contributed by atoms with Crippen molar-refractivity contribution in [3.8, 4) is 0 Å². The van der Waals surface area contributed by atoms with Crippen molar-refractivity contribution in [1.82, 2.24) is 10.9 Å². The van der Waals surface area contributed by atoms with Crippen LogP contribution in [0.15, 0.2) is 54.6 Å². The molecule has 2 rings (SSSR count). The highest BCUT2D eigenvalue weighted by molar-refractivity contribution is 6.05. The fraction of sp³-hybridized carbons (Fsp3) is 0. The van der Waals surface area contributed by atoms with Crippen molar-refractivity contribution in [1.29, 1.82) is 0 Å². The van der Waals surface area contributed by atoms with Crippen molar-refractivity contribution in [2.45, 2.75) is 0 Å². The summed E-state index contributed by atoms with van der Waals surface area (Å²) in [5.41, 5.74) is 4.66. The Morgan fingerprint density at radius 3 is 2.00 bits per heavy atom. The summed E-state index contributed by atoms with van der Waals surface area (Å²) in [5.74, 6) is -1.94. The first kappa shape index (κ1) is 15.0. The van der Waals surface area contributed by atoms with Gasteiger partial charge in [0.15, 0.2) is 0 Å². The summed E-state index contributed by atoms with van der Waals surface area (Å²) < 4.78 is 0. The predicted molar refractivity (Wildman–Crippen MR) is 79.5 cm³/mol. The quantitative estimate of drug-likeness (QED) is 0.649. The van der Waals surface area contributed by atoms with Gasteiger partial charge in [0.1, 0.15) is 0 Å². The summed E-state index contributed by atoms with van der Waals surface area (Å²) in [6, 6.07) is 13.7. The van der Waals surface area contributed by atoms with E-state index in [1.165, 1.54) is 24.3 Å². The van der Waals surface area contributed by atoms with Crippen molar-refractivity contribution < 1.29 is 19.5 Å². The Labute approximate surface area is 125 Å². The van der Waals surface area contributed by atoms with E-state index in [9.17, 15) is 14.4 Å². The number of carboxylic acids is 1. The van der Waals surface area contributed by atoms with Crippen LogP contribution in [0.25, 0.3) is 0 Å². The lowest BCUT2D eigenvalue weighted by Crippen LogP contribution is -2.44. The van der Waals surface area contributed by atoms with Gasteiger partial charge in [0, 0.05) is 5.69 Å². The van der Waals surface area contributed by atoms with E-state index in [2.05, 4.69) is 16.2 Å². The largest absolute Gasteiger partial charge is 0.478 e. The van der Waals surface area contributed by atoms with Crippen LogP contribution >= 0.6 is 0 Å². The fourth-order valence-electron chi connectivity index (χ4n) is 1.73. The van der Waals surface area contributed by atoms with Gasteiger partial charge in [0.25, 0.3) is 5.91 Å². The number of carbonyl (C=O) groups is 3. The maximum absolute atomic E-state index is 11.9. The number of hydrogen-bond donors (Lipinski definition) is 4. The number of urea groups is 1. The van der Waals surface area contributed by atoms with Gasteiger partial charge in [0.2, 0.25) is 0 Å². The summed E-state index contributed by atoms with van der Waals surface area (Å²) >= 11 is 0. The van der Waals surface area contributed by atoms with Crippen molar-refractivity contribution in [2.75, 3.05) is 5.32 Å². The van der Waals surface area contributed by atoms with Crippen molar-refractivity contribution in [2.24, 2.45) is 0 Å². The molecule has 7 heteroatoms. The predicted octanol–water partition coefficient (Wildman–Crippen LogP) is 1.85. The summed E-state index contributed by atoms with van der Waals surface area (Å²) in [6.45, 7) is 0. The van der Waals surface area contributed by atoms with Gasteiger partial charge < -0.3 is 10.4 Å². The van der Waals surface area contributed by atoms with Crippen LogP contribution in [0, 0.1) is 0 Å². The van der Waals surface area contributed by atoms with E-state index < -0.39 is 17.9 Å². The van der Waals surface area contributed by atoms with E-state index in [1.54, 1.807) is 30.3 Å². The first-order valence-corrected chi connectivity index (χ1v) is 6.32. The normalized spacial score (nSPS) is 9.64. The monoisotopic (exact) mass is 299 g/mol. The van der Waals surface area contributed by atoms with Gasteiger partial charge in [-0.25, -0.2) is 15.0 Å². The van der Waals surface area contributed by atoms with E-state index in [0.29, 0.717) is 5.69 Å². The Morgan fingerprint density at radius 2 is 1.36 bits per heavy atom. The second-order valence-electron chi connectivity index (χ2n) is 4.25. The third-order valence-electron chi connectivity index (χ3n) is 2.72. The zero-order valence-corrected chi connectivity index (χ0v) is 11.4. The molecule has 112 valence electrons. The molecule has 0 radical (unpaired) electrons. The maximum atomic E-state index is 11.9. The summed E-state index contributed by atoms with van der Waals surface area (Å²) in [4.78, 5) is 34.5. The number of hydrogen-bond acceptors (Lipinski definition) is 3. The minimum atomic E-state index is -1.22. The maximum Gasteiger partial charge on any atom is 0.337 e. The molecule has 2 aromatic rings. The van der Waals surface area contributed by atoms with Crippen LogP contribution in [0.1, 0.15) is 20.7 Å². The van der Waals surface area contributed by atoms with E-state index in [-0.39, 0.29) is 11.1 Å². The second-order valence-corrected chi connectivity index (χ2v) is 4.25. The van der Waals surface area contributed by atoms with Crippen molar-refractivity contribution >= 4 is 23.6 Å². The highest BCUT2D eigenvalue weighted by atomic mass is 16.4. The smallest absolute Gasteiger partial charge is 0.337 e. The minimum Gasteiger partial charge on any atom is -0.478 e. The lowest BCUT2D eigenvalue weighted by molar-refractivity contribution is 0.0690. The van der Waals surface area contributed by atoms with Gasteiger partial charge in [-0.05, 0) is 24.3 Å². The number of rotatable bonds is 3. The number of nitrogens with one attached hydrogen (secondary N) is 3. The van der Waals surface area contributed by atoms with Crippen LogP contribution in [-0.2, 0) is 0 Å². The Bertz CT molecular complexity index is 701. The molecule has 22 heavy (non-hydrogen) atoms. The van der Waals surface area contributed by atoms with Crippen LogP contribution in [0.2, 0.25) is 0 Å². The van der Waals surface area contributed by atoms with Gasteiger partial charge in [-0.2, -0.15) is 0 Å². The highest BCUT2D eigenvalue weighted by Gasteiger charge is 2.16. The van der Waals surface area contributed by atoms with Gasteiger partial charge in [-0.1, -0.05) is 30.3 Å². The Kier molecular flexibility index (Phi) is 4.71. The van der Waals surface area contributed by atoms with Crippen LogP contribution in [0.5, 0.6) is 0 Å². The number of benzene rings is 2.